The van der Waals surface area contributed by atoms with E-state index in [0.717, 1.165) is 45.6 Å². The molecule has 10 nitrogen and oxygen atoms in total. The van der Waals surface area contributed by atoms with E-state index in [1.54, 1.807) is 7.11 Å². The van der Waals surface area contributed by atoms with Gasteiger partial charge in [0.15, 0.2) is 11.6 Å². The van der Waals surface area contributed by atoms with E-state index < -0.39 is 40.2 Å². The standard InChI is InChI=1S/C23H22F2N6O4S2/c1-35-14-7-5-13(6-8-14)4-2-3-11-31(37(33)34)16-10-9-15(24)18(17(16)25)29-23(32)21-19-20(30-36-21)22(26)28-12-27-19/h5-10,12H,2-4,11H2,1H3,(H,29,32)(H,33,34)(H2,26,27,28)/p-1. The van der Waals surface area contributed by atoms with Crippen molar-refractivity contribution in [2.75, 3.05) is 29.0 Å². The molecule has 0 radical (unpaired) electrons. The lowest BCUT2D eigenvalue weighted by molar-refractivity contribution is 0.103. The molecule has 1 unspecified atom stereocenters. The van der Waals surface area contributed by atoms with Crippen LogP contribution in [0.4, 0.5) is 26.0 Å². The first-order valence-corrected chi connectivity index (χ1v) is 12.8. The molecule has 4 aromatic rings. The topological polar surface area (TPSA) is 146 Å². The summed E-state index contributed by atoms with van der Waals surface area (Å²) in [6, 6.07) is 9.36. The highest BCUT2D eigenvalue weighted by molar-refractivity contribution is 7.80. The van der Waals surface area contributed by atoms with Gasteiger partial charge in [0.1, 0.15) is 39.5 Å². The minimum Gasteiger partial charge on any atom is -0.755 e. The number of aryl methyl sites for hydroxylation is 1. The monoisotopic (exact) mass is 547 g/mol. The number of nitrogens with zero attached hydrogens (tertiary/aromatic N) is 4. The van der Waals surface area contributed by atoms with Gasteiger partial charge in [-0.1, -0.05) is 12.1 Å². The zero-order valence-electron chi connectivity index (χ0n) is 19.4. The Bertz CT molecular complexity index is 1450. The van der Waals surface area contributed by atoms with Crippen LogP contribution in [0.1, 0.15) is 28.1 Å². The summed E-state index contributed by atoms with van der Waals surface area (Å²) in [6.07, 6.45) is 2.84. The molecule has 2 aromatic carbocycles. The number of nitrogen functional groups attached to an aromatic ring is 1. The van der Waals surface area contributed by atoms with Gasteiger partial charge in [0.25, 0.3) is 5.91 Å². The van der Waals surface area contributed by atoms with Crippen LogP contribution >= 0.6 is 11.5 Å². The van der Waals surface area contributed by atoms with Crippen LogP contribution in [0.15, 0.2) is 42.7 Å². The number of aromatic nitrogens is 3. The average Bonchev–Trinajstić information content (AvgIpc) is 3.33. The Hall–Kier alpha value is -3.75. The van der Waals surface area contributed by atoms with Crippen LogP contribution < -0.4 is 20.1 Å². The second-order valence-corrected chi connectivity index (χ2v) is 9.45. The number of hydrogen-bond donors (Lipinski definition) is 2. The molecule has 37 heavy (non-hydrogen) atoms. The van der Waals surface area contributed by atoms with Gasteiger partial charge in [0.2, 0.25) is 0 Å². The number of unbranched alkanes of at least 4 members (excludes halogenated alkanes) is 1. The van der Waals surface area contributed by atoms with Gasteiger partial charge in [0.05, 0.1) is 12.8 Å². The number of benzene rings is 2. The van der Waals surface area contributed by atoms with Crippen molar-refractivity contribution in [2.24, 2.45) is 0 Å². The van der Waals surface area contributed by atoms with E-state index >= 15 is 4.39 Å². The van der Waals surface area contributed by atoms with Gasteiger partial charge in [0, 0.05) is 17.8 Å². The highest BCUT2D eigenvalue weighted by Crippen LogP contribution is 2.31. The van der Waals surface area contributed by atoms with Gasteiger partial charge in [-0.2, -0.15) is 4.37 Å². The molecule has 0 bridgehead atoms. The third-order valence-corrected chi connectivity index (χ3v) is 7.07. The summed E-state index contributed by atoms with van der Waals surface area (Å²) in [7, 11) is 1.57. The van der Waals surface area contributed by atoms with Gasteiger partial charge in [-0.05, 0) is 60.6 Å². The summed E-state index contributed by atoms with van der Waals surface area (Å²) in [4.78, 5) is 20.5. The van der Waals surface area contributed by atoms with E-state index in [-0.39, 0.29) is 28.3 Å². The maximum Gasteiger partial charge on any atom is 0.269 e. The van der Waals surface area contributed by atoms with E-state index in [9.17, 15) is 17.9 Å². The fraction of sp³-hybridized carbons (Fsp3) is 0.217. The predicted octanol–water partition coefficient (Wildman–Crippen LogP) is 3.83. The Morgan fingerprint density at radius 3 is 2.62 bits per heavy atom. The molecule has 0 aliphatic carbocycles. The van der Waals surface area contributed by atoms with Crippen LogP contribution in [-0.4, -0.2) is 42.7 Å². The number of nitrogens with one attached hydrogen (secondary N) is 1. The van der Waals surface area contributed by atoms with E-state index in [1.165, 1.54) is 0 Å². The molecule has 14 heteroatoms. The average molecular weight is 548 g/mol. The zero-order valence-corrected chi connectivity index (χ0v) is 21.1. The number of methoxy groups -OCH3 is 1. The predicted molar refractivity (Wildman–Crippen MR) is 136 cm³/mol. The van der Waals surface area contributed by atoms with E-state index in [0.29, 0.717) is 19.3 Å². The third-order valence-electron chi connectivity index (χ3n) is 5.49. The fourth-order valence-corrected chi connectivity index (χ4v) is 4.92. The van der Waals surface area contributed by atoms with Crippen molar-refractivity contribution in [1.82, 2.24) is 14.3 Å². The lowest BCUT2D eigenvalue weighted by Gasteiger charge is -2.27. The number of carbonyl (C=O) groups is 1. The molecule has 0 fully saturated rings. The number of anilines is 3. The lowest BCUT2D eigenvalue weighted by atomic mass is 10.1. The largest absolute Gasteiger partial charge is 0.755 e. The molecule has 0 saturated carbocycles. The van der Waals surface area contributed by atoms with E-state index in [2.05, 4.69) is 19.7 Å². The highest BCUT2D eigenvalue weighted by atomic mass is 32.2. The number of halogens is 2. The molecule has 0 aliphatic rings. The van der Waals surface area contributed by atoms with Crippen LogP contribution in [0.5, 0.6) is 5.75 Å². The Labute approximate surface area is 217 Å². The summed E-state index contributed by atoms with van der Waals surface area (Å²) >= 11 is -2.10. The van der Waals surface area contributed by atoms with Crippen molar-refractivity contribution in [2.45, 2.75) is 19.3 Å². The molecule has 2 heterocycles. The Morgan fingerprint density at radius 2 is 1.92 bits per heavy atom. The molecule has 2 aromatic heterocycles. The second kappa shape index (κ2) is 11.5. The first-order chi connectivity index (χ1) is 17.8. The number of rotatable bonds is 10. The molecule has 1 atom stereocenters. The molecule has 194 valence electrons. The first-order valence-electron chi connectivity index (χ1n) is 10.9. The van der Waals surface area contributed by atoms with Crippen molar-refractivity contribution in [3.05, 3.63) is 64.8 Å². The quantitative estimate of drug-likeness (QED) is 0.225. The minimum atomic E-state index is -2.84. The van der Waals surface area contributed by atoms with Crippen LogP contribution in [0.25, 0.3) is 11.0 Å². The van der Waals surface area contributed by atoms with Crippen LogP contribution in [0.2, 0.25) is 0 Å². The molecular formula is C23H21F2N6O4S2-. The molecule has 0 aliphatic heterocycles. The molecule has 0 spiro atoms. The summed E-state index contributed by atoms with van der Waals surface area (Å²) < 4.78 is 63.6. The zero-order chi connectivity index (χ0) is 26.5. The number of carbonyl (C=O) groups excluding carboxylic acids is 1. The Balaban J connectivity index is 1.49. The van der Waals surface area contributed by atoms with Gasteiger partial charge in [-0.15, -0.1) is 0 Å². The molecule has 4 rings (SSSR count). The van der Waals surface area contributed by atoms with Gasteiger partial charge < -0.3 is 20.3 Å². The van der Waals surface area contributed by atoms with Crippen LogP contribution in [0.3, 0.4) is 0 Å². The third kappa shape index (κ3) is 5.81. The fourth-order valence-electron chi connectivity index (χ4n) is 3.60. The molecule has 3 N–H and O–H groups in total. The number of hydrogen-bond acceptors (Lipinski definition) is 9. The first kappa shape index (κ1) is 26.3. The van der Waals surface area contributed by atoms with Gasteiger partial charge >= 0.3 is 0 Å². The summed E-state index contributed by atoms with van der Waals surface area (Å²) in [5, 5.41) is 2.17. The molecule has 1 amide bonds. The Kier molecular flexibility index (Phi) is 8.21. The number of ether oxygens (including phenoxy) is 1. The summed E-state index contributed by atoms with van der Waals surface area (Å²) in [5.41, 5.74) is 5.89. The normalized spacial score (nSPS) is 11.9. The molecule has 0 saturated heterocycles. The maximum atomic E-state index is 15.3. The maximum absolute atomic E-state index is 15.3. The van der Waals surface area contributed by atoms with Crippen LogP contribution in [0, 0.1) is 11.6 Å². The lowest BCUT2D eigenvalue weighted by Crippen LogP contribution is -2.28. The van der Waals surface area contributed by atoms with Crippen molar-refractivity contribution in [3.8, 4) is 5.75 Å². The smallest absolute Gasteiger partial charge is 0.269 e. The van der Waals surface area contributed by atoms with Crippen molar-refractivity contribution in [1.29, 1.82) is 0 Å². The van der Waals surface area contributed by atoms with E-state index in [1.807, 2.05) is 24.3 Å². The minimum absolute atomic E-state index is 0.0314. The van der Waals surface area contributed by atoms with Gasteiger partial charge in [-0.3, -0.25) is 13.3 Å². The second-order valence-electron chi connectivity index (χ2n) is 7.80. The number of nitrogens with two attached hydrogens (primary N) is 1. The number of fused-ring (bicyclic) bond motifs is 1. The van der Waals surface area contributed by atoms with Gasteiger partial charge in [-0.25, -0.2) is 18.7 Å². The molecular weight excluding hydrogens is 526 g/mol. The highest BCUT2D eigenvalue weighted by Gasteiger charge is 2.24. The van der Waals surface area contributed by atoms with Crippen LogP contribution in [-0.2, 0) is 17.7 Å². The van der Waals surface area contributed by atoms with Crippen molar-refractivity contribution < 1.29 is 27.1 Å². The van der Waals surface area contributed by atoms with E-state index in [4.69, 9.17) is 10.5 Å². The summed E-state index contributed by atoms with van der Waals surface area (Å²) in [5.74, 6) is -2.40. The van der Waals surface area contributed by atoms with Crippen molar-refractivity contribution in [3.63, 3.8) is 0 Å². The SMILES string of the molecule is COc1ccc(CCCCN(c2ccc(F)c(NC(=O)c3snc4c(N)ncnc34)c2F)S(=O)[O-])cc1. The Morgan fingerprint density at radius 1 is 1.16 bits per heavy atom. The number of amides is 1. The summed E-state index contributed by atoms with van der Waals surface area (Å²) in [6.45, 7) is -0.0438. The van der Waals surface area contributed by atoms with Crippen molar-refractivity contribution >= 4 is 56.9 Å².